The summed E-state index contributed by atoms with van der Waals surface area (Å²) in [6, 6.07) is 21.2. The molecular formula is C19H25NO. The fourth-order valence-corrected chi connectivity index (χ4v) is 2.21. The van der Waals surface area contributed by atoms with Crippen molar-refractivity contribution in [3.05, 3.63) is 71.8 Å². The average molecular weight is 283 g/mol. The van der Waals surface area contributed by atoms with Crippen molar-refractivity contribution in [2.75, 3.05) is 6.61 Å². The molecule has 2 heteroatoms. The Kier molecular flexibility index (Phi) is 6.45. The molecule has 2 nitrogen and oxygen atoms in total. The third-order valence-electron chi connectivity index (χ3n) is 3.62. The molecule has 1 N–H and O–H groups in total. The monoisotopic (exact) mass is 283 g/mol. The minimum Gasteiger partial charge on any atom is -0.375 e. The van der Waals surface area contributed by atoms with Crippen LogP contribution in [0.25, 0.3) is 0 Å². The van der Waals surface area contributed by atoms with Crippen molar-refractivity contribution in [2.45, 2.75) is 33.0 Å². The molecule has 0 fully saturated rings. The van der Waals surface area contributed by atoms with Crippen LogP contribution in [-0.4, -0.2) is 12.6 Å². The Bertz CT molecular complexity index is 495. The van der Waals surface area contributed by atoms with Crippen molar-refractivity contribution in [2.24, 2.45) is 5.92 Å². The van der Waals surface area contributed by atoms with Crippen LogP contribution in [0.1, 0.15) is 25.0 Å². The molecule has 0 bridgehead atoms. The third-order valence-corrected chi connectivity index (χ3v) is 3.62. The molecule has 2 aromatic rings. The van der Waals surface area contributed by atoms with Gasteiger partial charge in [-0.2, -0.15) is 0 Å². The van der Waals surface area contributed by atoms with Crippen LogP contribution >= 0.6 is 0 Å². The smallest absolute Gasteiger partial charge is 0.0717 e. The van der Waals surface area contributed by atoms with Gasteiger partial charge in [0.05, 0.1) is 13.2 Å². The van der Waals surface area contributed by atoms with E-state index in [-0.39, 0.29) is 0 Å². The van der Waals surface area contributed by atoms with Gasteiger partial charge in [0.1, 0.15) is 0 Å². The molecule has 0 unspecified atom stereocenters. The van der Waals surface area contributed by atoms with Crippen LogP contribution in [-0.2, 0) is 17.9 Å². The highest BCUT2D eigenvalue weighted by molar-refractivity contribution is 5.14. The minimum absolute atomic E-state index is 0.369. The first-order valence-corrected chi connectivity index (χ1v) is 7.64. The Labute approximate surface area is 128 Å². The normalized spacial score (nSPS) is 12.5. The minimum atomic E-state index is 0.369. The van der Waals surface area contributed by atoms with Gasteiger partial charge >= 0.3 is 0 Å². The van der Waals surface area contributed by atoms with Crippen LogP contribution in [0.5, 0.6) is 0 Å². The van der Waals surface area contributed by atoms with Crippen LogP contribution in [0.15, 0.2) is 60.7 Å². The molecule has 0 saturated carbocycles. The fourth-order valence-electron chi connectivity index (χ4n) is 2.21. The summed E-state index contributed by atoms with van der Waals surface area (Å²) < 4.78 is 5.87. The molecule has 0 aliphatic carbocycles. The van der Waals surface area contributed by atoms with E-state index in [1.807, 2.05) is 24.3 Å². The summed E-state index contributed by atoms with van der Waals surface area (Å²) in [5, 5.41) is 3.60. The Morgan fingerprint density at radius 1 is 0.857 bits per heavy atom. The van der Waals surface area contributed by atoms with E-state index in [9.17, 15) is 0 Å². The molecule has 1 atom stereocenters. The van der Waals surface area contributed by atoms with E-state index >= 15 is 0 Å². The zero-order valence-corrected chi connectivity index (χ0v) is 13.0. The summed E-state index contributed by atoms with van der Waals surface area (Å²) in [6.45, 7) is 6.76. The first-order chi connectivity index (χ1) is 10.3. The molecule has 2 aromatic carbocycles. The second kappa shape index (κ2) is 8.60. The highest BCUT2D eigenvalue weighted by atomic mass is 16.5. The number of benzene rings is 2. The third kappa shape index (κ3) is 5.70. The number of hydrogen-bond acceptors (Lipinski definition) is 2. The van der Waals surface area contributed by atoms with Gasteiger partial charge in [0.15, 0.2) is 0 Å². The van der Waals surface area contributed by atoms with Crippen molar-refractivity contribution in [1.29, 1.82) is 0 Å². The maximum atomic E-state index is 5.87. The van der Waals surface area contributed by atoms with Crippen LogP contribution < -0.4 is 5.32 Å². The van der Waals surface area contributed by atoms with E-state index in [0.717, 1.165) is 13.2 Å². The average Bonchev–Trinajstić information content (AvgIpc) is 2.52. The maximum absolute atomic E-state index is 5.87. The summed E-state index contributed by atoms with van der Waals surface area (Å²) in [6.07, 6.45) is 0. The summed E-state index contributed by atoms with van der Waals surface area (Å²) >= 11 is 0. The van der Waals surface area contributed by atoms with Gasteiger partial charge in [-0.15, -0.1) is 0 Å². The largest absolute Gasteiger partial charge is 0.375 e. The first kappa shape index (κ1) is 15.7. The Morgan fingerprint density at radius 3 is 2.00 bits per heavy atom. The van der Waals surface area contributed by atoms with Crippen LogP contribution in [0.2, 0.25) is 0 Å². The first-order valence-electron chi connectivity index (χ1n) is 7.64. The zero-order chi connectivity index (χ0) is 14.9. The van der Waals surface area contributed by atoms with Crippen LogP contribution in [0.4, 0.5) is 0 Å². The van der Waals surface area contributed by atoms with Gasteiger partial charge in [-0.1, -0.05) is 74.5 Å². The van der Waals surface area contributed by atoms with Crippen LogP contribution in [0, 0.1) is 5.92 Å². The Morgan fingerprint density at radius 2 is 1.43 bits per heavy atom. The predicted molar refractivity (Wildman–Crippen MR) is 88.0 cm³/mol. The van der Waals surface area contributed by atoms with E-state index in [1.165, 1.54) is 11.1 Å². The molecule has 0 saturated heterocycles. The second-order valence-corrected chi connectivity index (χ2v) is 5.72. The Hall–Kier alpha value is -1.64. The number of rotatable bonds is 8. The summed E-state index contributed by atoms with van der Waals surface area (Å²) in [4.78, 5) is 0. The van der Waals surface area contributed by atoms with Crippen molar-refractivity contribution in [1.82, 2.24) is 5.32 Å². The number of ether oxygens (including phenoxy) is 1. The van der Waals surface area contributed by atoms with Crippen molar-refractivity contribution in [3.63, 3.8) is 0 Å². The highest BCUT2D eigenvalue weighted by Gasteiger charge is 2.12. The lowest BCUT2D eigenvalue weighted by atomic mass is 10.0. The van der Waals surface area contributed by atoms with Gasteiger partial charge in [0, 0.05) is 12.6 Å². The van der Waals surface area contributed by atoms with Gasteiger partial charge in [0.25, 0.3) is 0 Å². The van der Waals surface area contributed by atoms with Gasteiger partial charge in [-0.05, 0) is 17.0 Å². The molecule has 0 heterocycles. The molecule has 112 valence electrons. The van der Waals surface area contributed by atoms with Gasteiger partial charge in [-0.3, -0.25) is 0 Å². The summed E-state index contributed by atoms with van der Waals surface area (Å²) in [7, 11) is 0. The standard InChI is InChI=1S/C19H25NO/c1-16(2)19(20-13-17-9-5-3-6-10-17)15-21-14-18-11-7-4-8-12-18/h3-12,16,19-20H,13-15H2,1-2H3/t19-/m1/s1. The van der Waals surface area contributed by atoms with E-state index < -0.39 is 0 Å². The SMILES string of the molecule is CC(C)[C@@H](COCc1ccccc1)NCc1ccccc1. The van der Waals surface area contributed by atoms with E-state index in [0.29, 0.717) is 18.6 Å². The highest BCUT2D eigenvalue weighted by Crippen LogP contribution is 2.07. The van der Waals surface area contributed by atoms with Crippen LogP contribution in [0.3, 0.4) is 0 Å². The maximum Gasteiger partial charge on any atom is 0.0717 e. The zero-order valence-electron chi connectivity index (χ0n) is 13.0. The van der Waals surface area contributed by atoms with Crippen molar-refractivity contribution < 1.29 is 4.74 Å². The topological polar surface area (TPSA) is 21.3 Å². The lowest BCUT2D eigenvalue weighted by Crippen LogP contribution is -2.37. The number of nitrogens with one attached hydrogen (secondary N) is 1. The predicted octanol–water partition coefficient (Wildman–Crippen LogP) is 4.02. The number of hydrogen-bond donors (Lipinski definition) is 1. The Balaban J connectivity index is 1.77. The van der Waals surface area contributed by atoms with Gasteiger partial charge < -0.3 is 10.1 Å². The van der Waals surface area contributed by atoms with Crippen molar-refractivity contribution in [3.8, 4) is 0 Å². The van der Waals surface area contributed by atoms with Gasteiger partial charge in [0.2, 0.25) is 0 Å². The molecule has 0 aliphatic rings. The summed E-state index contributed by atoms with van der Waals surface area (Å²) in [5.41, 5.74) is 2.54. The molecule has 21 heavy (non-hydrogen) atoms. The molecule has 0 aliphatic heterocycles. The van der Waals surface area contributed by atoms with Gasteiger partial charge in [-0.25, -0.2) is 0 Å². The lowest BCUT2D eigenvalue weighted by molar-refractivity contribution is 0.0856. The molecule has 0 radical (unpaired) electrons. The second-order valence-electron chi connectivity index (χ2n) is 5.72. The van der Waals surface area contributed by atoms with E-state index in [2.05, 4.69) is 55.6 Å². The molecule has 2 rings (SSSR count). The van der Waals surface area contributed by atoms with E-state index in [4.69, 9.17) is 4.74 Å². The fraction of sp³-hybridized carbons (Fsp3) is 0.368. The lowest BCUT2D eigenvalue weighted by Gasteiger charge is -2.22. The quantitative estimate of drug-likeness (QED) is 0.790. The molecule has 0 aromatic heterocycles. The molecular weight excluding hydrogens is 258 g/mol. The van der Waals surface area contributed by atoms with E-state index in [1.54, 1.807) is 0 Å². The molecule has 0 spiro atoms. The summed E-state index contributed by atoms with van der Waals surface area (Å²) in [5.74, 6) is 0.546. The van der Waals surface area contributed by atoms with Crippen molar-refractivity contribution >= 4 is 0 Å². The molecule has 0 amide bonds.